The van der Waals surface area contributed by atoms with Crippen molar-refractivity contribution in [1.29, 1.82) is 0 Å². The molecular formula is C13H17Cl2NO. The van der Waals surface area contributed by atoms with Gasteiger partial charge in [0.25, 0.3) is 0 Å². The first-order valence-electron chi connectivity index (χ1n) is 5.90. The van der Waals surface area contributed by atoms with Gasteiger partial charge in [-0.3, -0.25) is 4.90 Å². The van der Waals surface area contributed by atoms with Crippen LogP contribution in [0, 0.1) is 0 Å². The second kappa shape index (κ2) is 6.60. The van der Waals surface area contributed by atoms with Gasteiger partial charge in [-0.05, 0) is 5.56 Å². The van der Waals surface area contributed by atoms with Crippen LogP contribution in [0.15, 0.2) is 30.3 Å². The molecule has 0 N–H and O–H groups in total. The van der Waals surface area contributed by atoms with Gasteiger partial charge in [0.2, 0.25) is 0 Å². The quantitative estimate of drug-likeness (QED) is 0.783. The number of halogens is 2. The monoisotopic (exact) mass is 273 g/mol. The third kappa shape index (κ3) is 3.85. The van der Waals surface area contributed by atoms with Crippen molar-refractivity contribution < 1.29 is 4.74 Å². The van der Waals surface area contributed by atoms with Crippen LogP contribution in [0.1, 0.15) is 10.9 Å². The molecule has 1 fully saturated rings. The van der Waals surface area contributed by atoms with Crippen molar-refractivity contribution in [1.82, 2.24) is 4.90 Å². The molecule has 1 aromatic rings. The van der Waals surface area contributed by atoms with E-state index >= 15 is 0 Å². The molecule has 2 rings (SSSR count). The van der Waals surface area contributed by atoms with Gasteiger partial charge in [0.15, 0.2) is 0 Å². The molecule has 1 aromatic carbocycles. The average Bonchev–Trinajstić information content (AvgIpc) is 2.40. The van der Waals surface area contributed by atoms with Crippen LogP contribution in [0.25, 0.3) is 0 Å². The van der Waals surface area contributed by atoms with Crippen molar-refractivity contribution in [2.24, 2.45) is 0 Å². The minimum Gasteiger partial charge on any atom is -0.379 e. The number of morpholine rings is 1. The molecule has 1 heterocycles. The van der Waals surface area contributed by atoms with Gasteiger partial charge in [0.05, 0.1) is 24.0 Å². The fourth-order valence-electron chi connectivity index (χ4n) is 1.97. The van der Waals surface area contributed by atoms with Crippen LogP contribution < -0.4 is 0 Å². The minimum atomic E-state index is -0.138. The summed E-state index contributed by atoms with van der Waals surface area (Å²) in [5, 5.41) is -0.210. The maximum absolute atomic E-state index is 6.39. The summed E-state index contributed by atoms with van der Waals surface area (Å²) in [5.74, 6) is 0. The van der Waals surface area contributed by atoms with Crippen molar-refractivity contribution in [2.75, 3.05) is 32.8 Å². The fraction of sp³-hybridized carbons (Fsp3) is 0.538. The number of hydrogen-bond acceptors (Lipinski definition) is 2. The highest BCUT2D eigenvalue weighted by Crippen LogP contribution is 2.28. The lowest BCUT2D eigenvalue weighted by Crippen LogP contribution is -2.40. The maximum atomic E-state index is 6.39. The van der Waals surface area contributed by atoms with Gasteiger partial charge in [-0.1, -0.05) is 30.3 Å². The summed E-state index contributed by atoms with van der Waals surface area (Å²) < 4.78 is 5.31. The van der Waals surface area contributed by atoms with E-state index in [1.165, 1.54) is 0 Å². The van der Waals surface area contributed by atoms with E-state index in [9.17, 15) is 0 Å². The first-order chi connectivity index (χ1) is 8.27. The van der Waals surface area contributed by atoms with Gasteiger partial charge in [0.1, 0.15) is 0 Å². The Morgan fingerprint density at radius 1 is 1.12 bits per heavy atom. The van der Waals surface area contributed by atoms with Gasteiger partial charge in [-0.25, -0.2) is 0 Å². The topological polar surface area (TPSA) is 12.5 Å². The van der Waals surface area contributed by atoms with Crippen molar-refractivity contribution in [3.8, 4) is 0 Å². The molecule has 1 aliphatic heterocycles. The van der Waals surface area contributed by atoms with Crippen molar-refractivity contribution >= 4 is 23.2 Å². The summed E-state index contributed by atoms with van der Waals surface area (Å²) in [6.45, 7) is 4.29. The van der Waals surface area contributed by atoms with Crippen molar-refractivity contribution in [3.63, 3.8) is 0 Å². The van der Waals surface area contributed by atoms with Crippen molar-refractivity contribution in [2.45, 2.75) is 10.8 Å². The third-order valence-corrected chi connectivity index (χ3v) is 4.05. The Bertz CT molecular complexity index is 327. The fourth-order valence-corrected chi connectivity index (χ4v) is 2.53. The van der Waals surface area contributed by atoms with E-state index in [2.05, 4.69) is 4.90 Å². The molecule has 17 heavy (non-hydrogen) atoms. The predicted molar refractivity (Wildman–Crippen MR) is 71.9 cm³/mol. The Hall–Kier alpha value is -0.280. The predicted octanol–water partition coefficient (Wildman–Crippen LogP) is 2.91. The first kappa shape index (κ1) is 13.2. The summed E-state index contributed by atoms with van der Waals surface area (Å²) >= 11 is 12.8. The maximum Gasteiger partial charge on any atom is 0.0761 e. The Morgan fingerprint density at radius 3 is 2.41 bits per heavy atom. The van der Waals surface area contributed by atoms with Crippen LogP contribution in [0.4, 0.5) is 0 Å². The number of alkyl halides is 2. The molecular weight excluding hydrogens is 257 g/mol. The molecule has 0 aromatic heterocycles. The normalized spacial score (nSPS) is 21.1. The number of ether oxygens (including phenoxy) is 1. The first-order valence-corrected chi connectivity index (χ1v) is 6.78. The lowest BCUT2D eigenvalue weighted by atomic mass is 10.1. The van der Waals surface area contributed by atoms with Gasteiger partial charge in [-0.15, -0.1) is 23.2 Å². The highest BCUT2D eigenvalue weighted by atomic mass is 35.5. The largest absolute Gasteiger partial charge is 0.379 e. The number of nitrogens with zero attached hydrogens (tertiary/aromatic N) is 1. The molecule has 0 saturated carbocycles. The number of hydrogen-bond donors (Lipinski definition) is 0. The van der Waals surface area contributed by atoms with Crippen molar-refractivity contribution in [3.05, 3.63) is 35.9 Å². The smallest absolute Gasteiger partial charge is 0.0761 e. The molecule has 1 saturated heterocycles. The molecule has 94 valence electrons. The molecule has 0 aliphatic carbocycles. The van der Waals surface area contributed by atoms with Gasteiger partial charge in [0, 0.05) is 19.6 Å². The number of benzene rings is 1. The van der Waals surface area contributed by atoms with E-state index in [-0.39, 0.29) is 10.8 Å². The molecule has 0 spiro atoms. The standard InChI is InChI=1S/C13H17Cl2NO/c14-12(10-16-6-8-17-9-7-16)13(15)11-4-2-1-3-5-11/h1-5,12-13H,6-10H2/t12-,13+/m0/s1. The summed E-state index contributed by atoms with van der Waals surface area (Å²) in [6.07, 6.45) is 0. The van der Waals surface area contributed by atoms with E-state index in [0.717, 1.165) is 38.4 Å². The molecule has 0 radical (unpaired) electrons. The van der Waals surface area contributed by atoms with E-state index in [1.54, 1.807) is 0 Å². The molecule has 1 aliphatic rings. The lowest BCUT2D eigenvalue weighted by Gasteiger charge is -2.29. The summed E-state index contributed by atoms with van der Waals surface area (Å²) in [7, 11) is 0. The van der Waals surface area contributed by atoms with Crippen LogP contribution in [0.5, 0.6) is 0 Å². The molecule has 2 atom stereocenters. The Balaban J connectivity index is 1.88. The van der Waals surface area contributed by atoms with Crippen LogP contribution in [0.2, 0.25) is 0 Å². The second-order valence-electron chi connectivity index (χ2n) is 4.24. The zero-order valence-electron chi connectivity index (χ0n) is 9.69. The van der Waals surface area contributed by atoms with Gasteiger partial charge < -0.3 is 4.74 Å². The average molecular weight is 274 g/mol. The highest BCUT2D eigenvalue weighted by molar-refractivity contribution is 6.30. The molecule has 0 bridgehead atoms. The van der Waals surface area contributed by atoms with Gasteiger partial charge in [-0.2, -0.15) is 0 Å². The Morgan fingerprint density at radius 2 is 1.76 bits per heavy atom. The Kier molecular flexibility index (Phi) is 5.11. The van der Waals surface area contributed by atoms with Crippen LogP contribution in [0.3, 0.4) is 0 Å². The summed E-state index contributed by atoms with van der Waals surface area (Å²) in [5.41, 5.74) is 1.09. The SMILES string of the molecule is Cl[C@H](c1ccccc1)[C@@H](Cl)CN1CCOCC1. The molecule has 0 amide bonds. The third-order valence-electron chi connectivity index (χ3n) is 2.97. The number of rotatable bonds is 4. The van der Waals surface area contributed by atoms with E-state index in [1.807, 2.05) is 30.3 Å². The van der Waals surface area contributed by atoms with Crippen LogP contribution in [-0.2, 0) is 4.74 Å². The van der Waals surface area contributed by atoms with Crippen LogP contribution in [-0.4, -0.2) is 43.1 Å². The zero-order chi connectivity index (χ0) is 12.1. The van der Waals surface area contributed by atoms with E-state index in [4.69, 9.17) is 27.9 Å². The second-order valence-corrected chi connectivity index (χ2v) is 5.27. The minimum absolute atomic E-state index is 0.0721. The zero-order valence-corrected chi connectivity index (χ0v) is 11.2. The lowest BCUT2D eigenvalue weighted by molar-refractivity contribution is 0.0378. The molecule has 0 unspecified atom stereocenters. The highest BCUT2D eigenvalue weighted by Gasteiger charge is 2.22. The summed E-state index contributed by atoms with van der Waals surface area (Å²) in [6, 6.07) is 10.0. The van der Waals surface area contributed by atoms with Gasteiger partial charge >= 0.3 is 0 Å². The van der Waals surface area contributed by atoms with E-state index < -0.39 is 0 Å². The molecule has 2 nitrogen and oxygen atoms in total. The van der Waals surface area contributed by atoms with Crippen LogP contribution >= 0.6 is 23.2 Å². The molecule has 4 heteroatoms. The van der Waals surface area contributed by atoms with E-state index in [0.29, 0.717) is 0 Å². The summed E-state index contributed by atoms with van der Waals surface area (Å²) in [4.78, 5) is 2.31. The Labute approximate surface area is 112 Å².